The molecular formula is C74H124N4O56. The van der Waals surface area contributed by atoms with Gasteiger partial charge < -0.3 is 279 Å². The molecule has 0 aliphatic carbocycles. The van der Waals surface area contributed by atoms with Gasteiger partial charge in [0.15, 0.2) is 69.2 Å². The Morgan fingerprint density at radius 1 is 0.194 bits per heavy atom. The van der Waals surface area contributed by atoms with E-state index in [4.69, 9.17) is 99.5 Å². The molecule has 0 radical (unpaired) electrons. The van der Waals surface area contributed by atoms with E-state index < -0.39 is 434 Å². The topological polar surface area (TPSA) is 937 Å². The summed E-state index contributed by atoms with van der Waals surface area (Å²) in [5, 5.41) is 355. The van der Waals surface area contributed by atoms with E-state index in [0.29, 0.717) is 0 Å². The van der Waals surface area contributed by atoms with E-state index >= 15 is 0 Å². The Morgan fingerprint density at radius 2 is 0.403 bits per heavy atom. The molecule has 60 heteroatoms. The van der Waals surface area contributed by atoms with Crippen LogP contribution < -0.4 is 21.3 Å². The van der Waals surface area contributed by atoms with Crippen LogP contribution in [-0.2, 0) is 119 Å². The number of aliphatic hydroxyl groups excluding tert-OH is 31. The molecule has 60 nitrogen and oxygen atoms in total. The number of rotatable bonds is 35. The minimum atomic E-state index is -2.65. The van der Waals surface area contributed by atoms with E-state index in [1.165, 1.54) is 0 Å². The molecule has 0 aromatic heterocycles. The lowest BCUT2D eigenvalue weighted by molar-refractivity contribution is -0.400. The van der Waals surface area contributed by atoms with E-state index in [1.807, 2.05) is 0 Å². The van der Waals surface area contributed by atoms with E-state index in [9.17, 15) is 177 Å². The smallest absolute Gasteiger partial charge is 0.217 e. The zero-order valence-electron chi connectivity index (χ0n) is 71.6. The van der Waals surface area contributed by atoms with Crippen molar-refractivity contribution in [1.82, 2.24) is 21.3 Å². The van der Waals surface area contributed by atoms with Gasteiger partial charge in [0.05, 0.1) is 72.7 Å². The van der Waals surface area contributed by atoms with Crippen molar-refractivity contribution in [3.05, 3.63) is 0 Å². The molecule has 11 aliphatic heterocycles. The Kier molecular flexibility index (Phi) is 39.7. The van der Waals surface area contributed by atoms with Gasteiger partial charge in [0, 0.05) is 27.7 Å². The molecule has 4 amide bonds. The van der Waals surface area contributed by atoms with Crippen LogP contribution in [0.2, 0.25) is 0 Å². The number of ether oxygens (including phenoxy) is 21. The molecule has 11 heterocycles. The van der Waals surface area contributed by atoms with E-state index in [1.54, 1.807) is 0 Å². The lowest BCUT2D eigenvalue weighted by atomic mass is 9.93. The highest BCUT2D eigenvalue weighted by Gasteiger charge is 2.63. The molecule has 11 saturated heterocycles. The summed E-state index contributed by atoms with van der Waals surface area (Å²) in [7, 11) is 0. The average Bonchev–Trinajstić information content (AvgIpc) is 0.753. The summed E-state index contributed by atoms with van der Waals surface area (Å²) < 4.78 is 124. The lowest BCUT2D eigenvalue weighted by Crippen LogP contribution is -2.71. The van der Waals surface area contributed by atoms with E-state index in [0.717, 1.165) is 27.7 Å². The van der Waals surface area contributed by atoms with Crippen molar-refractivity contribution in [1.29, 1.82) is 0 Å². The minimum absolute atomic E-state index is 0.814. The second-order valence-electron chi connectivity index (χ2n) is 33.8. The predicted octanol–water partition coefficient (Wildman–Crippen LogP) is -24.4. The van der Waals surface area contributed by atoms with Gasteiger partial charge in [-0.05, 0) is 0 Å². The van der Waals surface area contributed by atoms with Crippen molar-refractivity contribution >= 4 is 23.6 Å². The Morgan fingerprint density at radius 3 is 0.724 bits per heavy atom. The second-order valence-corrected chi connectivity index (χ2v) is 33.8. The van der Waals surface area contributed by atoms with Crippen LogP contribution in [-0.4, -0.2) is 592 Å². The largest absolute Gasteiger partial charge is 0.394 e. The first-order chi connectivity index (χ1) is 63.5. The molecule has 0 unspecified atom stereocenters. The van der Waals surface area contributed by atoms with Crippen LogP contribution in [0.4, 0.5) is 0 Å². The fourth-order valence-electron chi connectivity index (χ4n) is 17.4. The number of amides is 4. The maximum absolute atomic E-state index is 13.2. The van der Waals surface area contributed by atoms with Crippen LogP contribution in [0, 0.1) is 0 Å². The molecule has 134 heavy (non-hydrogen) atoms. The van der Waals surface area contributed by atoms with Crippen LogP contribution in [0.15, 0.2) is 0 Å². The predicted molar refractivity (Wildman–Crippen MR) is 409 cm³/mol. The maximum atomic E-state index is 13.2. The van der Waals surface area contributed by atoms with Gasteiger partial charge in [0.1, 0.15) is 268 Å². The Balaban J connectivity index is 0.885. The number of aliphatic hydroxyl groups is 31. The summed E-state index contributed by atoms with van der Waals surface area (Å²) in [5.41, 5.74) is 0. The van der Waals surface area contributed by atoms with Crippen molar-refractivity contribution in [2.75, 3.05) is 72.7 Å². The van der Waals surface area contributed by atoms with Gasteiger partial charge in [0.2, 0.25) is 23.6 Å². The Labute approximate surface area is 757 Å². The first-order valence-corrected chi connectivity index (χ1v) is 42.7. The van der Waals surface area contributed by atoms with Crippen molar-refractivity contribution in [2.24, 2.45) is 0 Å². The summed E-state index contributed by atoms with van der Waals surface area (Å²) in [6, 6.07) is -7.75. The van der Waals surface area contributed by atoms with Crippen molar-refractivity contribution in [2.45, 2.75) is 365 Å². The third kappa shape index (κ3) is 24.0. The number of hydrogen-bond donors (Lipinski definition) is 35. The molecule has 0 saturated carbocycles. The first-order valence-electron chi connectivity index (χ1n) is 42.7. The highest BCUT2D eigenvalue weighted by molar-refractivity contribution is 5.74. The number of nitrogens with one attached hydrogen (secondary N) is 4. The molecule has 35 N–H and O–H groups in total. The maximum Gasteiger partial charge on any atom is 0.217 e. The van der Waals surface area contributed by atoms with Crippen LogP contribution in [0.1, 0.15) is 27.7 Å². The van der Waals surface area contributed by atoms with Gasteiger partial charge in [0.25, 0.3) is 0 Å². The Hall–Kier alpha value is -4.20. The standard InChI is InChI=1S/C74H124N4O56/c1-16(89)75-31-40(98)55(24(9-83)115-64(31)113)126-65-32(76-17(2)90)41(99)58(27(12-86)120-65)129-72-54(112)61(132-74-63(47(105)38(96)23(8-82)119-74)134-67-34(78-19(4)92)43(101)57(26(11-85)122-67)128-71-53(111)49(107)60(29(14-88)124-71)131-69-51(109)45(103)36(94)21(6-80)117-69)39(97)30(125-72)15-114-73-62(46(104)37(95)22(7-81)118-73)133-66-33(77-18(3)91)42(100)56(25(10-84)121-66)127-70-52(110)48(106)59(28(13-87)123-70)130-68-50(108)44(102)35(93)20(5-79)116-68/h20-74,79-88,93-113H,5-15H2,1-4H3,(H,75,89)(H,76,90)(H,77,91)(H,78,92)/t20-,21-,22-,23-,24-,25-,26-,27-,28-,29-,30-,31-,32-,33-,34-,35+,36+,37-,38-,39-,40-,41-,42-,43-,44+,45+,46+,47+,48-,49-,50-,51+,52-,53-,54+,55-,56-,57-,58-,59+,60+,61+,62+,63+,64-,65+,66+,67+,68-,69-,70+,71+,72+,73+,74-/m1/s1. The monoisotopic (exact) mass is 1960 g/mol. The van der Waals surface area contributed by atoms with Gasteiger partial charge in [-0.15, -0.1) is 0 Å². The fourth-order valence-corrected chi connectivity index (χ4v) is 17.4. The zero-order valence-corrected chi connectivity index (χ0v) is 71.6. The summed E-state index contributed by atoms with van der Waals surface area (Å²) in [6.07, 6.45) is -108. The molecule has 11 fully saturated rings. The molecule has 11 rings (SSSR count). The van der Waals surface area contributed by atoms with Crippen LogP contribution >= 0.6 is 0 Å². The molecule has 0 aromatic carbocycles. The highest BCUT2D eigenvalue weighted by atomic mass is 16.8. The van der Waals surface area contributed by atoms with Gasteiger partial charge in [-0.1, -0.05) is 0 Å². The number of carbonyl (C=O) groups is 4. The van der Waals surface area contributed by atoms with Crippen LogP contribution in [0.5, 0.6) is 0 Å². The summed E-state index contributed by atoms with van der Waals surface area (Å²) in [4.78, 5) is 51.6. The summed E-state index contributed by atoms with van der Waals surface area (Å²) >= 11 is 0. The molecule has 0 bridgehead atoms. The van der Waals surface area contributed by atoms with E-state index in [2.05, 4.69) is 21.3 Å². The number of carbonyl (C=O) groups excluding carboxylic acids is 4. The summed E-state index contributed by atoms with van der Waals surface area (Å²) in [6.45, 7) is -8.80. The van der Waals surface area contributed by atoms with E-state index in [-0.39, 0.29) is 0 Å². The molecule has 776 valence electrons. The second kappa shape index (κ2) is 48.3. The quantitative estimate of drug-likeness (QED) is 0.0280. The van der Waals surface area contributed by atoms with Crippen LogP contribution in [0.25, 0.3) is 0 Å². The first kappa shape index (κ1) is 110. The molecule has 0 spiro atoms. The molecule has 11 aliphatic rings. The average molecular weight is 1970 g/mol. The van der Waals surface area contributed by atoms with Crippen LogP contribution in [0.3, 0.4) is 0 Å². The van der Waals surface area contributed by atoms with Crippen molar-refractivity contribution in [3.8, 4) is 0 Å². The Bertz CT molecular complexity index is 3650. The molecule has 0 aromatic rings. The SMILES string of the molecule is CC(=O)N[C@@H]1[C@@H](O)[C@H](O[C@@H]2O[C@H](CO)[C@@H](O[C@@H]3O[C@H](CO[C@H]4O[C@H](CO)[C@@H](O)[C@H](O)[C@@H]4O[C@@H]4O[C@H](CO)[C@@H](O[C@@H]5O[C@H](CO)[C@H](O[C@H]6O[C@H](CO)[C@H](O)[C@H](O)[C@H]6O)[C@H](O)[C@H]5O)[C@H](O)[C@H]4NC(C)=O)[C@@H](O)[C@H](O[C@H]4O[C@H](CO)[C@@H](O)[C@H](O)[C@@H]4O[C@@H]4O[C@H](CO)[C@@H](O[C@@H]5O[C@H](CO)[C@H](O[C@H]6O[C@H](CO)[C@H](O)[C@H](O)[C@@H]6O)[C@H](O)[C@H]5O)[C@H](O)[C@H]4NC(C)=O)[C@@H]3O)[C@H](O)[C@H]2NC(C)=O)[C@@H](CO)O[C@H]1O. The van der Waals surface area contributed by atoms with Gasteiger partial charge in [-0.3, -0.25) is 19.2 Å². The fraction of sp³-hybridized carbons (Fsp3) is 0.946. The highest BCUT2D eigenvalue weighted by Crippen LogP contribution is 2.42. The number of hydrogen-bond acceptors (Lipinski definition) is 56. The van der Waals surface area contributed by atoms with Gasteiger partial charge >= 0.3 is 0 Å². The van der Waals surface area contributed by atoms with Gasteiger partial charge in [-0.2, -0.15) is 0 Å². The van der Waals surface area contributed by atoms with Crippen molar-refractivity contribution < 1.29 is 277 Å². The normalized spacial score (nSPS) is 49.8. The summed E-state index contributed by atoms with van der Waals surface area (Å²) in [5.74, 6) is -3.82. The van der Waals surface area contributed by atoms with Crippen molar-refractivity contribution in [3.63, 3.8) is 0 Å². The third-order valence-electron chi connectivity index (χ3n) is 24.6. The van der Waals surface area contributed by atoms with Gasteiger partial charge in [-0.25, -0.2) is 0 Å². The molecular weight excluding hydrogens is 1840 g/mol. The lowest BCUT2D eigenvalue weighted by Gasteiger charge is -2.51. The minimum Gasteiger partial charge on any atom is -0.394 e. The third-order valence-corrected chi connectivity index (χ3v) is 24.6. The zero-order chi connectivity index (χ0) is 98.5. The molecule has 55 atom stereocenters.